The molecule has 2 rings (SSSR count). The van der Waals surface area contributed by atoms with Gasteiger partial charge >= 0.3 is 0 Å². The highest BCUT2D eigenvalue weighted by Crippen LogP contribution is 2.36. The molecule has 1 N–H and O–H groups in total. The summed E-state index contributed by atoms with van der Waals surface area (Å²) in [5, 5.41) is 13.6. The first-order chi connectivity index (χ1) is 9.78. The van der Waals surface area contributed by atoms with Gasteiger partial charge in [-0.3, -0.25) is 5.32 Å². The van der Waals surface area contributed by atoms with Crippen LogP contribution in [0, 0.1) is 11.3 Å². The number of benzene rings is 1. The smallest absolute Gasteiger partial charge is 0.107 e. The summed E-state index contributed by atoms with van der Waals surface area (Å²) in [7, 11) is 0. The summed E-state index contributed by atoms with van der Waals surface area (Å²) in [5.74, 6) is 1.06. The monoisotopic (exact) mass is 288 g/mol. The van der Waals surface area contributed by atoms with Crippen LogP contribution in [0.3, 0.4) is 0 Å². The Bertz CT molecular complexity index is 440. The fourth-order valence-corrected chi connectivity index (χ4v) is 4.18. The Kier molecular flexibility index (Phi) is 5.94. The molecule has 0 amide bonds. The third-order valence-corrected chi connectivity index (χ3v) is 5.34. The molecule has 1 aromatic rings. The van der Waals surface area contributed by atoms with Gasteiger partial charge in [0, 0.05) is 11.0 Å². The van der Waals surface area contributed by atoms with Gasteiger partial charge in [0.05, 0.1) is 6.07 Å². The molecule has 0 spiro atoms. The summed E-state index contributed by atoms with van der Waals surface area (Å²) in [6.45, 7) is 3.10. The zero-order valence-electron chi connectivity index (χ0n) is 12.3. The van der Waals surface area contributed by atoms with Crippen molar-refractivity contribution in [1.29, 1.82) is 5.26 Å². The van der Waals surface area contributed by atoms with Gasteiger partial charge in [0.2, 0.25) is 0 Å². The Morgan fingerprint density at radius 2 is 2.20 bits per heavy atom. The Hall–Kier alpha value is -0.980. The van der Waals surface area contributed by atoms with Gasteiger partial charge in [0.25, 0.3) is 0 Å². The second-order valence-corrected chi connectivity index (χ2v) is 6.92. The minimum absolute atomic E-state index is 0.275. The molecule has 108 valence electrons. The van der Waals surface area contributed by atoms with Gasteiger partial charge in [-0.1, -0.05) is 37.3 Å². The topological polar surface area (TPSA) is 35.8 Å². The van der Waals surface area contributed by atoms with Gasteiger partial charge in [0.15, 0.2) is 0 Å². The number of hydrogen-bond acceptors (Lipinski definition) is 3. The maximum absolute atomic E-state index is 9.55. The average molecular weight is 288 g/mol. The number of rotatable bonds is 6. The van der Waals surface area contributed by atoms with Crippen LogP contribution >= 0.6 is 11.8 Å². The van der Waals surface area contributed by atoms with E-state index < -0.39 is 0 Å². The summed E-state index contributed by atoms with van der Waals surface area (Å²) in [4.78, 5) is 0. The lowest BCUT2D eigenvalue weighted by Gasteiger charge is -2.36. The lowest BCUT2D eigenvalue weighted by Crippen LogP contribution is -2.48. The zero-order valence-corrected chi connectivity index (χ0v) is 13.1. The molecular formula is C17H24N2S. The van der Waals surface area contributed by atoms with Crippen LogP contribution in [-0.2, 0) is 5.75 Å². The van der Waals surface area contributed by atoms with Crippen molar-refractivity contribution in [3.05, 3.63) is 35.9 Å². The van der Waals surface area contributed by atoms with Crippen molar-refractivity contribution in [1.82, 2.24) is 5.32 Å². The van der Waals surface area contributed by atoms with E-state index in [0.717, 1.165) is 38.0 Å². The highest BCUT2D eigenvalue weighted by Gasteiger charge is 2.35. The number of thioether (sulfide) groups is 1. The number of nitriles is 1. The number of nitrogens with one attached hydrogen (secondary N) is 1. The number of hydrogen-bond donors (Lipinski definition) is 1. The van der Waals surface area contributed by atoms with Crippen LogP contribution in [0.1, 0.15) is 44.6 Å². The SMILES string of the molecule is CCCNC1(C#N)CCCC(SCc2ccccc2)C1. The van der Waals surface area contributed by atoms with Crippen LogP contribution in [0.4, 0.5) is 0 Å². The summed E-state index contributed by atoms with van der Waals surface area (Å²) in [6, 6.07) is 13.2. The Morgan fingerprint density at radius 1 is 1.40 bits per heavy atom. The number of nitrogens with zero attached hydrogens (tertiary/aromatic N) is 1. The first-order valence-corrected chi connectivity index (χ1v) is 8.65. The molecular weight excluding hydrogens is 264 g/mol. The predicted octanol–water partition coefficient (Wildman–Crippen LogP) is 4.12. The lowest BCUT2D eigenvalue weighted by molar-refractivity contribution is 0.305. The summed E-state index contributed by atoms with van der Waals surface area (Å²) < 4.78 is 0. The summed E-state index contributed by atoms with van der Waals surface area (Å²) >= 11 is 2.01. The third-order valence-electron chi connectivity index (χ3n) is 3.96. The molecule has 2 atom stereocenters. The van der Waals surface area contributed by atoms with E-state index in [2.05, 4.69) is 48.6 Å². The molecule has 1 aliphatic carbocycles. The maximum atomic E-state index is 9.55. The molecule has 2 unspecified atom stereocenters. The van der Waals surface area contributed by atoms with E-state index in [1.54, 1.807) is 0 Å². The van der Waals surface area contributed by atoms with Gasteiger partial charge in [-0.05, 0) is 44.2 Å². The molecule has 1 aromatic carbocycles. The predicted molar refractivity (Wildman–Crippen MR) is 86.6 cm³/mol. The largest absolute Gasteiger partial charge is 0.299 e. The van der Waals surface area contributed by atoms with Crippen LogP contribution in [0.15, 0.2) is 30.3 Å². The highest BCUT2D eigenvalue weighted by atomic mass is 32.2. The van der Waals surface area contributed by atoms with Crippen LogP contribution in [0.25, 0.3) is 0 Å². The van der Waals surface area contributed by atoms with Gasteiger partial charge < -0.3 is 0 Å². The van der Waals surface area contributed by atoms with Crippen LogP contribution in [0.5, 0.6) is 0 Å². The second-order valence-electron chi connectivity index (χ2n) is 5.64. The second kappa shape index (κ2) is 7.71. The molecule has 0 aliphatic heterocycles. The van der Waals surface area contributed by atoms with E-state index in [0.29, 0.717) is 5.25 Å². The van der Waals surface area contributed by atoms with Gasteiger partial charge in [0.1, 0.15) is 5.54 Å². The highest BCUT2D eigenvalue weighted by molar-refractivity contribution is 7.99. The normalized spacial score (nSPS) is 26.1. The summed E-state index contributed by atoms with van der Waals surface area (Å²) in [6.07, 6.45) is 5.49. The van der Waals surface area contributed by atoms with Crippen molar-refractivity contribution in [2.45, 2.75) is 55.6 Å². The summed E-state index contributed by atoms with van der Waals surface area (Å²) in [5.41, 5.74) is 1.11. The molecule has 1 fully saturated rings. The van der Waals surface area contributed by atoms with Crippen molar-refractivity contribution < 1.29 is 0 Å². The molecule has 1 aliphatic rings. The Balaban J connectivity index is 1.88. The van der Waals surface area contributed by atoms with Gasteiger partial charge in [-0.15, -0.1) is 0 Å². The average Bonchev–Trinajstić information content (AvgIpc) is 2.52. The molecule has 0 heterocycles. The molecule has 1 saturated carbocycles. The molecule has 2 nitrogen and oxygen atoms in total. The first kappa shape index (κ1) is 15.4. The van der Waals surface area contributed by atoms with E-state index in [-0.39, 0.29) is 5.54 Å². The van der Waals surface area contributed by atoms with Crippen molar-refractivity contribution >= 4 is 11.8 Å². The van der Waals surface area contributed by atoms with Crippen molar-refractivity contribution in [3.63, 3.8) is 0 Å². The minimum atomic E-state index is -0.275. The van der Waals surface area contributed by atoms with Crippen molar-refractivity contribution in [2.24, 2.45) is 0 Å². The fraction of sp³-hybridized carbons (Fsp3) is 0.588. The molecule has 20 heavy (non-hydrogen) atoms. The van der Waals surface area contributed by atoms with Crippen LogP contribution in [-0.4, -0.2) is 17.3 Å². The van der Waals surface area contributed by atoms with Crippen LogP contribution < -0.4 is 5.32 Å². The van der Waals surface area contributed by atoms with Gasteiger partial charge in [-0.2, -0.15) is 17.0 Å². The zero-order chi connectivity index (χ0) is 14.3. The third kappa shape index (κ3) is 4.26. The molecule has 0 bridgehead atoms. The first-order valence-electron chi connectivity index (χ1n) is 7.60. The van der Waals surface area contributed by atoms with Crippen molar-refractivity contribution in [3.8, 4) is 6.07 Å². The molecule has 0 saturated heterocycles. The fourth-order valence-electron chi connectivity index (χ4n) is 2.82. The van der Waals surface area contributed by atoms with E-state index in [9.17, 15) is 5.26 Å². The van der Waals surface area contributed by atoms with E-state index in [1.165, 1.54) is 12.0 Å². The van der Waals surface area contributed by atoms with E-state index in [1.807, 2.05) is 11.8 Å². The molecule has 0 aromatic heterocycles. The molecule has 0 radical (unpaired) electrons. The standard InChI is InChI=1S/C17H24N2S/c1-2-11-19-17(14-18)10-6-9-16(12-17)20-13-15-7-4-3-5-8-15/h3-5,7-8,16,19H,2,6,9-13H2,1H3. The van der Waals surface area contributed by atoms with E-state index >= 15 is 0 Å². The minimum Gasteiger partial charge on any atom is -0.299 e. The Morgan fingerprint density at radius 3 is 2.90 bits per heavy atom. The lowest BCUT2D eigenvalue weighted by atomic mass is 9.82. The Labute approximate surface area is 127 Å². The van der Waals surface area contributed by atoms with Crippen LogP contribution in [0.2, 0.25) is 0 Å². The quantitative estimate of drug-likeness (QED) is 0.855. The van der Waals surface area contributed by atoms with E-state index in [4.69, 9.17) is 0 Å². The maximum Gasteiger partial charge on any atom is 0.107 e. The molecule has 3 heteroatoms. The van der Waals surface area contributed by atoms with Crippen molar-refractivity contribution in [2.75, 3.05) is 6.54 Å². The van der Waals surface area contributed by atoms with Gasteiger partial charge in [-0.25, -0.2) is 0 Å².